The maximum atomic E-state index is 12.3. The second-order valence-corrected chi connectivity index (χ2v) is 6.45. The smallest absolute Gasteiger partial charge is 0.291 e. The van der Waals surface area contributed by atoms with E-state index in [4.69, 9.17) is 14.2 Å². The Bertz CT molecular complexity index is 1000. The Morgan fingerprint density at radius 3 is 2.83 bits per heavy atom. The zero-order valence-corrected chi connectivity index (χ0v) is 15.7. The van der Waals surface area contributed by atoms with Crippen molar-refractivity contribution in [2.45, 2.75) is 19.2 Å². The van der Waals surface area contributed by atoms with Gasteiger partial charge in [0, 0.05) is 6.54 Å². The molecule has 1 aliphatic rings. The van der Waals surface area contributed by atoms with Crippen molar-refractivity contribution in [3.05, 3.63) is 65.7 Å². The second-order valence-electron chi connectivity index (χ2n) is 6.45. The summed E-state index contributed by atoms with van der Waals surface area (Å²) < 4.78 is 17.1. The first-order valence-electron chi connectivity index (χ1n) is 9.00. The highest BCUT2D eigenvalue weighted by Crippen LogP contribution is 2.32. The van der Waals surface area contributed by atoms with Crippen LogP contribution in [-0.4, -0.2) is 39.7 Å². The molecule has 0 bridgehead atoms. The van der Waals surface area contributed by atoms with E-state index >= 15 is 0 Å². The molecule has 3 aromatic rings. The van der Waals surface area contributed by atoms with Gasteiger partial charge in [-0.3, -0.25) is 4.79 Å². The molecule has 9 nitrogen and oxygen atoms in total. The molecule has 0 fully saturated rings. The van der Waals surface area contributed by atoms with Crippen molar-refractivity contribution in [2.75, 3.05) is 13.9 Å². The molecule has 0 saturated carbocycles. The predicted octanol–water partition coefficient (Wildman–Crippen LogP) is 1.68. The molecular formula is C20H20N4O5. The zero-order valence-electron chi connectivity index (χ0n) is 15.7. The maximum Gasteiger partial charge on any atom is 0.291 e. The summed E-state index contributed by atoms with van der Waals surface area (Å²) in [6.07, 6.45) is 0.634. The summed E-state index contributed by atoms with van der Waals surface area (Å²) in [6.45, 7) is 0.683. The fourth-order valence-corrected chi connectivity index (χ4v) is 2.91. The van der Waals surface area contributed by atoms with Gasteiger partial charge >= 0.3 is 0 Å². The number of carbonyl (C=O) groups excluding carboxylic acids is 1. The highest BCUT2D eigenvalue weighted by atomic mass is 16.7. The van der Waals surface area contributed by atoms with Crippen molar-refractivity contribution < 1.29 is 24.1 Å². The molecule has 2 aromatic carbocycles. The molecule has 1 aromatic heterocycles. The normalized spacial score (nSPS) is 13.2. The van der Waals surface area contributed by atoms with E-state index in [-0.39, 0.29) is 19.2 Å². The van der Waals surface area contributed by atoms with Gasteiger partial charge in [-0.15, -0.1) is 5.10 Å². The van der Waals surface area contributed by atoms with Crippen LogP contribution < -0.4 is 19.5 Å². The number of hydrogen-bond acceptors (Lipinski definition) is 7. The van der Waals surface area contributed by atoms with E-state index in [2.05, 4.69) is 15.4 Å². The van der Waals surface area contributed by atoms with Crippen molar-refractivity contribution in [2.24, 2.45) is 0 Å². The molecule has 9 heteroatoms. The average molecular weight is 396 g/mol. The van der Waals surface area contributed by atoms with Crippen LogP contribution in [0.5, 0.6) is 17.2 Å². The minimum atomic E-state index is -0.785. The molecule has 0 radical (unpaired) electrons. The van der Waals surface area contributed by atoms with Gasteiger partial charge in [0.1, 0.15) is 12.1 Å². The number of benzene rings is 2. The van der Waals surface area contributed by atoms with Gasteiger partial charge in [-0.25, -0.2) is 9.67 Å². The molecule has 4 rings (SSSR count). The summed E-state index contributed by atoms with van der Waals surface area (Å²) in [5.41, 5.74) is 1.59. The third kappa shape index (κ3) is 4.30. The molecule has 0 spiro atoms. The van der Waals surface area contributed by atoms with E-state index in [1.54, 1.807) is 37.4 Å². The summed E-state index contributed by atoms with van der Waals surface area (Å²) in [5, 5.41) is 17.3. The van der Waals surface area contributed by atoms with Crippen molar-refractivity contribution in [3.8, 4) is 17.2 Å². The van der Waals surface area contributed by atoms with Gasteiger partial charge in [-0.1, -0.05) is 18.2 Å². The number of aliphatic hydroxyl groups is 1. The van der Waals surface area contributed by atoms with Crippen LogP contribution in [0.4, 0.5) is 0 Å². The lowest BCUT2D eigenvalue weighted by atomic mass is 10.1. The second kappa shape index (κ2) is 8.19. The van der Waals surface area contributed by atoms with E-state index in [0.29, 0.717) is 23.8 Å². The van der Waals surface area contributed by atoms with Crippen LogP contribution in [-0.2, 0) is 13.1 Å². The van der Waals surface area contributed by atoms with Gasteiger partial charge in [0.05, 0.1) is 19.8 Å². The highest BCUT2D eigenvalue weighted by molar-refractivity contribution is 5.90. The largest absolute Gasteiger partial charge is 0.497 e. The Labute approximate surface area is 166 Å². The van der Waals surface area contributed by atoms with E-state index in [1.807, 2.05) is 12.1 Å². The van der Waals surface area contributed by atoms with Gasteiger partial charge in [0.15, 0.2) is 11.5 Å². The quantitative estimate of drug-likeness (QED) is 0.626. The molecule has 0 unspecified atom stereocenters. The number of fused-ring (bicyclic) bond motifs is 1. The Morgan fingerprint density at radius 1 is 1.24 bits per heavy atom. The van der Waals surface area contributed by atoms with Crippen LogP contribution in [0.3, 0.4) is 0 Å². The first-order chi connectivity index (χ1) is 14.1. The molecular weight excluding hydrogens is 376 g/mol. The van der Waals surface area contributed by atoms with Gasteiger partial charge in [-0.2, -0.15) is 0 Å². The summed E-state index contributed by atoms with van der Waals surface area (Å²) >= 11 is 0. The standard InChI is InChI=1S/C20H20N4O5/c1-27-15-5-3-14(4-6-15)16(25)10-24-11-22-19(23-24)20(26)21-9-13-2-7-17-18(8-13)29-12-28-17/h2-8,11,16,25H,9-10,12H2,1H3,(H,21,26)/t16-/m1/s1. The van der Waals surface area contributed by atoms with Crippen LogP contribution in [0.25, 0.3) is 0 Å². The fourth-order valence-electron chi connectivity index (χ4n) is 2.91. The number of aromatic nitrogens is 3. The highest BCUT2D eigenvalue weighted by Gasteiger charge is 2.16. The number of rotatable bonds is 7. The van der Waals surface area contributed by atoms with Crippen molar-refractivity contribution >= 4 is 5.91 Å². The molecule has 1 aliphatic heterocycles. The average Bonchev–Trinajstić information content (AvgIpc) is 3.41. The van der Waals surface area contributed by atoms with Crippen molar-refractivity contribution in [1.29, 1.82) is 0 Å². The minimum Gasteiger partial charge on any atom is -0.497 e. The molecule has 2 heterocycles. The lowest BCUT2D eigenvalue weighted by molar-refractivity contribution is 0.0938. The zero-order chi connectivity index (χ0) is 20.2. The summed E-state index contributed by atoms with van der Waals surface area (Å²) in [5.74, 6) is 1.69. The molecule has 0 saturated heterocycles. The molecule has 1 atom stereocenters. The van der Waals surface area contributed by atoms with E-state index in [0.717, 1.165) is 11.1 Å². The van der Waals surface area contributed by atoms with Gasteiger partial charge < -0.3 is 24.6 Å². The molecule has 150 valence electrons. The number of nitrogens with one attached hydrogen (secondary N) is 1. The Balaban J connectivity index is 1.33. The molecule has 29 heavy (non-hydrogen) atoms. The number of aliphatic hydroxyl groups excluding tert-OH is 1. The minimum absolute atomic E-state index is 0.0349. The monoisotopic (exact) mass is 396 g/mol. The summed E-state index contributed by atoms with van der Waals surface area (Å²) in [7, 11) is 1.58. The first kappa shape index (κ1) is 18.8. The Hall–Kier alpha value is -3.59. The van der Waals surface area contributed by atoms with Gasteiger partial charge in [-0.05, 0) is 35.4 Å². The topological polar surface area (TPSA) is 108 Å². The number of nitrogens with zero attached hydrogens (tertiary/aromatic N) is 3. The van der Waals surface area contributed by atoms with Crippen molar-refractivity contribution in [3.63, 3.8) is 0 Å². The van der Waals surface area contributed by atoms with E-state index in [9.17, 15) is 9.90 Å². The number of carbonyl (C=O) groups is 1. The van der Waals surface area contributed by atoms with Crippen LogP contribution in [0.2, 0.25) is 0 Å². The van der Waals surface area contributed by atoms with Crippen LogP contribution >= 0.6 is 0 Å². The number of hydrogen-bond donors (Lipinski definition) is 2. The molecule has 0 aliphatic carbocycles. The molecule has 2 N–H and O–H groups in total. The fraction of sp³-hybridized carbons (Fsp3) is 0.250. The lowest BCUT2D eigenvalue weighted by Gasteiger charge is -2.11. The number of amides is 1. The third-order valence-electron chi connectivity index (χ3n) is 4.49. The molecule has 1 amide bonds. The van der Waals surface area contributed by atoms with E-state index < -0.39 is 12.0 Å². The summed E-state index contributed by atoms with van der Waals surface area (Å²) in [4.78, 5) is 16.3. The summed E-state index contributed by atoms with van der Waals surface area (Å²) in [6, 6.07) is 12.6. The van der Waals surface area contributed by atoms with Gasteiger partial charge in [0.2, 0.25) is 12.6 Å². The van der Waals surface area contributed by atoms with Crippen LogP contribution in [0.15, 0.2) is 48.8 Å². The lowest BCUT2D eigenvalue weighted by Crippen LogP contribution is -2.24. The Kier molecular flexibility index (Phi) is 5.30. The maximum absolute atomic E-state index is 12.3. The number of methoxy groups -OCH3 is 1. The van der Waals surface area contributed by atoms with Gasteiger partial charge in [0.25, 0.3) is 5.91 Å². The van der Waals surface area contributed by atoms with Crippen LogP contribution in [0.1, 0.15) is 27.8 Å². The third-order valence-corrected chi connectivity index (χ3v) is 4.49. The Morgan fingerprint density at radius 2 is 2.03 bits per heavy atom. The SMILES string of the molecule is COc1ccc([C@H](O)Cn2cnc(C(=O)NCc3ccc4c(c3)OCO4)n2)cc1. The van der Waals surface area contributed by atoms with Crippen LogP contribution in [0, 0.1) is 0 Å². The predicted molar refractivity (Wildman–Crippen MR) is 102 cm³/mol. The van der Waals surface area contributed by atoms with E-state index in [1.165, 1.54) is 11.0 Å². The number of ether oxygens (including phenoxy) is 3. The first-order valence-corrected chi connectivity index (χ1v) is 9.00. The van der Waals surface area contributed by atoms with Crippen molar-refractivity contribution in [1.82, 2.24) is 20.1 Å².